The molecule has 6 nitrogen and oxygen atoms in total. The molecule has 1 saturated heterocycles. The van der Waals surface area contributed by atoms with Gasteiger partial charge in [-0.15, -0.1) is 11.3 Å². The van der Waals surface area contributed by atoms with Crippen molar-refractivity contribution >= 4 is 22.9 Å². The van der Waals surface area contributed by atoms with E-state index in [-0.39, 0.29) is 5.91 Å². The monoisotopic (exact) mass is 389 g/mol. The first-order valence-electron chi connectivity index (χ1n) is 9.06. The summed E-state index contributed by atoms with van der Waals surface area (Å²) in [7, 11) is 0. The lowest BCUT2D eigenvalue weighted by atomic mass is 10.2. The van der Waals surface area contributed by atoms with Gasteiger partial charge in [-0.3, -0.25) is 9.78 Å². The number of anilines is 1. The molecule has 0 radical (unpaired) electrons. The standard InChI is InChI=1S/C21H19N5OS/c1-15-6-7-23-13-18(15)20-24-19(14-28-20)21(27)26-10-8-25(9-11-26)17-4-2-16(12-22)3-5-17/h2-7,13-14H,8-11H2,1H3. The largest absolute Gasteiger partial charge is 0.368 e. The lowest BCUT2D eigenvalue weighted by molar-refractivity contribution is 0.0742. The Hall–Kier alpha value is -3.24. The molecule has 0 atom stereocenters. The van der Waals surface area contributed by atoms with Gasteiger partial charge in [0, 0.05) is 55.2 Å². The molecular formula is C21H19N5OS. The highest BCUT2D eigenvalue weighted by molar-refractivity contribution is 7.13. The summed E-state index contributed by atoms with van der Waals surface area (Å²) in [6.45, 7) is 4.84. The highest BCUT2D eigenvalue weighted by Gasteiger charge is 2.24. The van der Waals surface area contributed by atoms with Crippen LogP contribution < -0.4 is 4.90 Å². The molecule has 0 spiro atoms. The number of thiazole rings is 1. The van der Waals surface area contributed by atoms with E-state index in [2.05, 4.69) is 20.9 Å². The fraction of sp³-hybridized carbons (Fsp3) is 0.238. The SMILES string of the molecule is Cc1ccncc1-c1nc(C(=O)N2CCN(c3ccc(C#N)cc3)CC2)cs1. The van der Waals surface area contributed by atoms with Gasteiger partial charge in [-0.25, -0.2) is 4.98 Å². The van der Waals surface area contributed by atoms with E-state index in [1.807, 2.05) is 47.5 Å². The molecule has 0 saturated carbocycles. The van der Waals surface area contributed by atoms with Crippen molar-refractivity contribution in [3.63, 3.8) is 0 Å². The van der Waals surface area contributed by atoms with Crippen LogP contribution in [0, 0.1) is 18.3 Å². The molecule has 1 amide bonds. The summed E-state index contributed by atoms with van der Waals surface area (Å²) in [4.78, 5) is 25.7. The minimum atomic E-state index is -0.0245. The van der Waals surface area contributed by atoms with Crippen LogP contribution in [0.2, 0.25) is 0 Å². The number of carbonyl (C=O) groups excluding carboxylic acids is 1. The molecule has 28 heavy (non-hydrogen) atoms. The van der Waals surface area contributed by atoms with E-state index in [0.29, 0.717) is 24.3 Å². The number of hydrogen-bond donors (Lipinski definition) is 0. The fourth-order valence-electron chi connectivity index (χ4n) is 3.26. The molecule has 0 aliphatic carbocycles. The number of amides is 1. The normalized spacial score (nSPS) is 14.0. The van der Waals surface area contributed by atoms with Gasteiger partial charge >= 0.3 is 0 Å². The predicted octanol–water partition coefficient (Wildman–Crippen LogP) is 3.35. The van der Waals surface area contributed by atoms with E-state index < -0.39 is 0 Å². The van der Waals surface area contributed by atoms with Crippen LogP contribution in [0.15, 0.2) is 48.1 Å². The van der Waals surface area contributed by atoms with E-state index >= 15 is 0 Å². The molecule has 0 unspecified atom stereocenters. The summed E-state index contributed by atoms with van der Waals surface area (Å²) in [5, 5.41) is 11.6. The van der Waals surface area contributed by atoms with Crippen molar-refractivity contribution in [2.24, 2.45) is 0 Å². The van der Waals surface area contributed by atoms with Gasteiger partial charge in [-0.05, 0) is 42.8 Å². The smallest absolute Gasteiger partial charge is 0.273 e. The number of hydrogen-bond acceptors (Lipinski definition) is 6. The van der Waals surface area contributed by atoms with Crippen molar-refractivity contribution in [2.75, 3.05) is 31.1 Å². The number of piperazine rings is 1. The molecule has 0 N–H and O–H groups in total. The van der Waals surface area contributed by atoms with Crippen LogP contribution in [0.5, 0.6) is 0 Å². The molecule has 140 valence electrons. The van der Waals surface area contributed by atoms with E-state index in [0.717, 1.165) is 34.9 Å². The van der Waals surface area contributed by atoms with Crippen molar-refractivity contribution in [3.05, 3.63) is 64.9 Å². The van der Waals surface area contributed by atoms with Crippen LogP contribution in [0.4, 0.5) is 5.69 Å². The number of nitrogens with zero attached hydrogens (tertiary/aromatic N) is 5. The number of aromatic nitrogens is 2. The topological polar surface area (TPSA) is 73.1 Å². The maximum absolute atomic E-state index is 12.9. The number of benzene rings is 1. The zero-order chi connectivity index (χ0) is 19.5. The van der Waals surface area contributed by atoms with Crippen LogP contribution in [-0.4, -0.2) is 47.0 Å². The summed E-state index contributed by atoms with van der Waals surface area (Å²) in [6.07, 6.45) is 3.55. The van der Waals surface area contributed by atoms with E-state index in [1.54, 1.807) is 12.4 Å². The molecule has 7 heteroatoms. The van der Waals surface area contributed by atoms with Gasteiger partial charge in [-0.1, -0.05) is 0 Å². The van der Waals surface area contributed by atoms with Gasteiger partial charge in [0.1, 0.15) is 10.7 Å². The summed E-state index contributed by atoms with van der Waals surface area (Å²) >= 11 is 1.47. The summed E-state index contributed by atoms with van der Waals surface area (Å²) in [6, 6.07) is 11.6. The number of aryl methyl sites for hydroxylation is 1. The molecule has 3 heterocycles. The Morgan fingerprint density at radius 3 is 2.57 bits per heavy atom. The zero-order valence-corrected chi connectivity index (χ0v) is 16.3. The van der Waals surface area contributed by atoms with Gasteiger partial charge in [0.15, 0.2) is 0 Å². The third-order valence-electron chi connectivity index (χ3n) is 4.92. The lowest BCUT2D eigenvalue weighted by Gasteiger charge is -2.35. The average molecular weight is 389 g/mol. The Kier molecular flexibility index (Phi) is 5.04. The molecule has 0 bridgehead atoms. The Bertz CT molecular complexity index is 1030. The summed E-state index contributed by atoms with van der Waals surface area (Å²) < 4.78 is 0. The Morgan fingerprint density at radius 1 is 1.14 bits per heavy atom. The molecule has 1 aromatic carbocycles. The number of pyridine rings is 1. The van der Waals surface area contributed by atoms with Gasteiger partial charge < -0.3 is 9.80 Å². The molecule has 1 aliphatic rings. The molecular weight excluding hydrogens is 370 g/mol. The third kappa shape index (κ3) is 3.59. The molecule has 2 aromatic heterocycles. The van der Waals surface area contributed by atoms with Gasteiger partial charge in [0.05, 0.1) is 11.6 Å². The van der Waals surface area contributed by atoms with Crippen LogP contribution >= 0.6 is 11.3 Å². The number of nitriles is 1. The van der Waals surface area contributed by atoms with Gasteiger partial charge in [0.2, 0.25) is 0 Å². The molecule has 4 rings (SSSR count). The van der Waals surface area contributed by atoms with Crippen LogP contribution in [0.25, 0.3) is 10.6 Å². The predicted molar refractivity (Wildman–Crippen MR) is 109 cm³/mol. The Morgan fingerprint density at radius 2 is 1.89 bits per heavy atom. The van der Waals surface area contributed by atoms with Crippen LogP contribution in [0.1, 0.15) is 21.6 Å². The third-order valence-corrected chi connectivity index (χ3v) is 5.80. The van der Waals surface area contributed by atoms with Crippen molar-refractivity contribution in [1.29, 1.82) is 5.26 Å². The Labute approximate surface area is 167 Å². The van der Waals surface area contributed by atoms with Gasteiger partial charge in [0.25, 0.3) is 5.91 Å². The highest BCUT2D eigenvalue weighted by atomic mass is 32.1. The molecule has 1 aliphatic heterocycles. The maximum Gasteiger partial charge on any atom is 0.273 e. The van der Waals surface area contributed by atoms with Crippen LogP contribution in [-0.2, 0) is 0 Å². The average Bonchev–Trinajstić information content (AvgIpc) is 3.24. The molecule has 1 fully saturated rings. The summed E-state index contributed by atoms with van der Waals surface area (Å²) in [5.41, 5.74) is 4.29. The number of carbonyl (C=O) groups is 1. The highest BCUT2D eigenvalue weighted by Crippen LogP contribution is 2.26. The minimum Gasteiger partial charge on any atom is -0.368 e. The fourth-order valence-corrected chi connectivity index (χ4v) is 4.13. The second-order valence-corrected chi connectivity index (χ2v) is 7.52. The van der Waals surface area contributed by atoms with Crippen molar-refractivity contribution in [1.82, 2.24) is 14.9 Å². The van der Waals surface area contributed by atoms with Crippen LogP contribution in [0.3, 0.4) is 0 Å². The molecule has 3 aromatic rings. The Balaban J connectivity index is 1.42. The quantitative estimate of drug-likeness (QED) is 0.687. The summed E-state index contributed by atoms with van der Waals surface area (Å²) in [5.74, 6) is -0.0245. The van der Waals surface area contributed by atoms with Crippen molar-refractivity contribution < 1.29 is 4.79 Å². The minimum absolute atomic E-state index is 0.0245. The van der Waals surface area contributed by atoms with Crippen molar-refractivity contribution in [3.8, 4) is 16.6 Å². The second-order valence-electron chi connectivity index (χ2n) is 6.67. The first-order chi connectivity index (χ1) is 13.7. The zero-order valence-electron chi connectivity index (χ0n) is 15.5. The second kappa shape index (κ2) is 7.79. The first kappa shape index (κ1) is 18.1. The maximum atomic E-state index is 12.9. The van der Waals surface area contributed by atoms with Gasteiger partial charge in [-0.2, -0.15) is 5.26 Å². The first-order valence-corrected chi connectivity index (χ1v) is 9.94. The number of rotatable bonds is 3. The van der Waals surface area contributed by atoms with E-state index in [1.165, 1.54) is 11.3 Å². The van der Waals surface area contributed by atoms with Crippen molar-refractivity contribution in [2.45, 2.75) is 6.92 Å². The lowest BCUT2D eigenvalue weighted by Crippen LogP contribution is -2.48. The van der Waals surface area contributed by atoms with E-state index in [4.69, 9.17) is 5.26 Å². The van der Waals surface area contributed by atoms with E-state index in [9.17, 15) is 4.79 Å².